The molecule has 4 aromatic rings. The van der Waals surface area contributed by atoms with E-state index in [-0.39, 0.29) is 36.3 Å². The minimum atomic E-state index is -0.910. The average Bonchev–Trinajstić information content (AvgIpc) is 3.55. The van der Waals surface area contributed by atoms with Gasteiger partial charge in [0, 0.05) is 36.3 Å². The zero-order chi connectivity index (χ0) is 34.8. The lowest BCUT2D eigenvalue weighted by atomic mass is 10.1. The number of benzene rings is 3. The molecule has 3 aromatic carbocycles. The number of piperazine rings is 1. The molecular weight excluding hydrogens is 657 g/mol. The van der Waals surface area contributed by atoms with Gasteiger partial charge in [-0.2, -0.15) is 0 Å². The maximum absolute atomic E-state index is 14.3. The summed E-state index contributed by atoms with van der Waals surface area (Å²) < 4.78 is 26.2. The highest BCUT2D eigenvalue weighted by molar-refractivity contribution is 6.31. The van der Waals surface area contributed by atoms with Gasteiger partial charge in [0.1, 0.15) is 23.4 Å². The molecule has 2 aliphatic rings. The van der Waals surface area contributed by atoms with Crippen LogP contribution in [0.4, 0.5) is 20.6 Å². The number of rotatable bonds is 8. The summed E-state index contributed by atoms with van der Waals surface area (Å²) in [5, 5.41) is 8.04. The fourth-order valence-corrected chi connectivity index (χ4v) is 6.32. The Labute approximate surface area is 286 Å². The number of urea groups is 1. The smallest absolute Gasteiger partial charge is 0.327 e. The first-order chi connectivity index (χ1) is 23.6. The first kappa shape index (κ1) is 33.5. The van der Waals surface area contributed by atoms with Gasteiger partial charge < -0.3 is 30.0 Å². The molecule has 2 atom stereocenters. The van der Waals surface area contributed by atoms with Crippen LogP contribution in [0.3, 0.4) is 0 Å². The number of ether oxygens (including phenoxy) is 2. The van der Waals surface area contributed by atoms with E-state index in [4.69, 9.17) is 26.1 Å². The molecule has 0 spiro atoms. The number of nitrogens with one attached hydrogen (secondary N) is 2. The van der Waals surface area contributed by atoms with E-state index in [1.54, 1.807) is 53.2 Å². The summed E-state index contributed by atoms with van der Waals surface area (Å²) in [5.74, 6) is 0.253. The van der Waals surface area contributed by atoms with Crippen LogP contribution in [0.1, 0.15) is 31.6 Å². The van der Waals surface area contributed by atoms with E-state index in [1.807, 2.05) is 0 Å². The molecule has 15 heteroatoms. The molecule has 2 unspecified atom stereocenters. The normalized spacial score (nSPS) is 16.7. The molecule has 2 aliphatic heterocycles. The van der Waals surface area contributed by atoms with E-state index >= 15 is 0 Å². The Morgan fingerprint density at radius 3 is 2.41 bits per heavy atom. The van der Waals surface area contributed by atoms with Crippen molar-refractivity contribution in [2.24, 2.45) is 0 Å². The summed E-state index contributed by atoms with van der Waals surface area (Å²) in [4.78, 5) is 61.4. The number of hydrogen-bond acceptors (Lipinski definition) is 8. The van der Waals surface area contributed by atoms with Crippen LogP contribution in [0.15, 0.2) is 65.5 Å². The van der Waals surface area contributed by atoms with Crippen molar-refractivity contribution in [2.45, 2.75) is 31.8 Å². The topological polar surface area (TPSA) is 138 Å². The summed E-state index contributed by atoms with van der Waals surface area (Å²) in [5.41, 5.74) is 0.635. The molecule has 0 saturated carbocycles. The van der Waals surface area contributed by atoms with Gasteiger partial charge in [0.15, 0.2) is 5.82 Å². The Morgan fingerprint density at radius 1 is 1.02 bits per heavy atom. The van der Waals surface area contributed by atoms with Crippen molar-refractivity contribution >= 4 is 51.7 Å². The Hall–Kier alpha value is -5.37. The quantitative estimate of drug-likeness (QED) is 0.282. The monoisotopic (exact) mass is 691 g/mol. The van der Waals surface area contributed by atoms with Crippen LogP contribution in [0.25, 0.3) is 10.9 Å². The minimum Gasteiger partial charge on any atom is -0.497 e. The molecule has 2 N–H and O–H groups in total. The molecular formula is C34H35ClFN7O6. The van der Waals surface area contributed by atoms with Crippen LogP contribution in [0, 0.1) is 5.82 Å². The third-order valence-corrected chi connectivity index (χ3v) is 8.94. The van der Waals surface area contributed by atoms with Gasteiger partial charge >= 0.3 is 6.03 Å². The number of nitrogens with zero attached hydrogens (tertiary/aromatic N) is 5. The number of anilines is 2. The number of aromatic nitrogens is 2. The second-order valence-corrected chi connectivity index (χ2v) is 12.1. The maximum Gasteiger partial charge on any atom is 0.327 e. The van der Waals surface area contributed by atoms with Crippen molar-refractivity contribution < 1.29 is 28.2 Å². The molecule has 2 fully saturated rings. The van der Waals surface area contributed by atoms with Crippen molar-refractivity contribution in [1.29, 1.82) is 0 Å². The highest BCUT2D eigenvalue weighted by Crippen LogP contribution is 2.37. The Kier molecular flexibility index (Phi) is 9.58. The second kappa shape index (κ2) is 14.0. The van der Waals surface area contributed by atoms with E-state index < -0.39 is 23.9 Å². The molecule has 3 heterocycles. The van der Waals surface area contributed by atoms with E-state index in [1.165, 1.54) is 48.1 Å². The maximum atomic E-state index is 14.3. The van der Waals surface area contributed by atoms with Gasteiger partial charge in [-0.1, -0.05) is 11.6 Å². The van der Waals surface area contributed by atoms with Crippen LogP contribution in [0.5, 0.6) is 11.5 Å². The Bertz CT molecular complexity index is 1970. The SMILES string of the molecule is COc1ccc(N(C(=O)Nc2ccc(F)cc2)C(C)c2nc3cc(Cl)ccc3c(=O)n2N2CCN(C(=O)C3CCC(=O)N3)CC2)c(OC)c1. The molecule has 0 radical (unpaired) electrons. The van der Waals surface area contributed by atoms with Crippen molar-refractivity contribution in [3.63, 3.8) is 0 Å². The van der Waals surface area contributed by atoms with E-state index in [9.17, 15) is 23.6 Å². The van der Waals surface area contributed by atoms with E-state index in [0.717, 1.165) is 0 Å². The third-order valence-electron chi connectivity index (χ3n) is 8.70. The lowest BCUT2D eigenvalue weighted by molar-refractivity contribution is -0.134. The first-order valence-electron chi connectivity index (χ1n) is 15.7. The summed E-state index contributed by atoms with van der Waals surface area (Å²) in [6.07, 6.45) is 0.755. The summed E-state index contributed by atoms with van der Waals surface area (Å²) in [7, 11) is 2.97. The average molecular weight is 692 g/mol. The molecule has 2 saturated heterocycles. The molecule has 0 aliphatic carbocycles. The molecule has 13 nitrogen and oxygen atoms in total. The zero-order valence-corrected chi connectivity index (χ0v) is 27.9. The summed E-state index contributed by atoms with van der Waals surface area (Å²) in [6.45, 7) is 2.88. The third kappa shape index (κ3) is 6.81. The standard InChI is InChI=1S/C34H35ClFN7O6/c1-20(42(28-12-9-24(48-2)19-29(28)49-3)34(47)37-23-7-5-22(36)6-8-23)31-39-27-18-21(35)4-10-25(27)32(45)43(31)41-16-14-40(15-17-41)33(46)26-11-13-30(44)38-26/h4-10,12,18-20,26H,11,13-17H2,1-3H3,(H,37,47)(H,38,44). The lowest BCUT2D eigenvalue weighted by Crippen LogP contribution is -2.58. The second-order valence-electron chi connectivity index (χ2n) is 11.7. The molecule has 4 amide bonds. The largest absolute Gasteiger partial charge is 0.497 e. The first-order valence-corrected chi connectivity index (χ1v) is 16.1. The fourth-order valence-electron chi connectivity index (χ4n) is 6.16. The molecule has 0 bridgehead atoms. The number of hydrogen-bond donors (Lipinski definition) is 2. The number of carbonyl (C=O) groups is 3. The fraction of sp³-hybridized carbons (Fsp3) is 0.324. The van der Waals surface area contributed by atoms with Crippen LogP contribution in [-0.2, 0) is 9.59 Å². The van der Waals surface area contributed by atoms with Gasteiger partial charge in [0.2, 0.25) is 11.8 Å². The van der Waals surface area contributed by atoms with Crippen molar-refractivity contribution in [1.82, 2.24) is 19.9 Å². The molecule has 256 valence electrons. The van der Waals surface area contributed by atoms with Gasteiger partial charge in [-0.25, -0.2) is 18.8 Å². The molecule has 49 heavy (non-hydrogen) atoms. The van der Waals surface area contributed by atoms with E-state index in [0.29, 0.717) is 64.7 Å². The van der Waals surface area contributed by atoms with E-state index in [2.05, 4.69) is 10.6 Å². The van der Waals surface area contributed by atoms with Gasteiger partial charge in [-0.3, -0.25) is 19.3 Å². The summed E-state index contributed by atoms with van der Waals surface area (Å²) in [6, 6.07) is 13.0. The zero-order valence-electron chi connectivity index (χ0n) is 27.1. The number of amides is 4. The Morgan fingerprint density at radius 2 is 1.76 bits per heavy atom. The number of halogens is 2. The highest BCUT2D eigenvalue weighted by Gasteiger charge is 2.35. The molecule has 6 rings (SSSR count). The van der Waals surface area contributed by atoms with Crippen molar-refractivity contribution in [2.75, 3.05) is 55.6 Å². The van der Waals surface area contributed by atoms with Crippen LogP contribution in [0.2, 0.25) is 5.02 Å². The lowest BCUT2D eigenvalue weighted by Gasteiger charge is -2.39. The number of methoxy groups -OCH3 is 2. The Balaban J connectivity index is 1.42. The molecule has 1 aromatic heterocycles. The van der Waals surface area contributed by atoms with Crippen LogP contribution in [-0.4, -0.2) is 78.8 Å². The summed E-state index contributed by atoms with van der Waals surface area (Å²) >= 11 is 6.33. The minimum absolute atomic E-state index is 0.147. The van der Waals surface area contributed by atoms with Gasteiger partial charge in [-0.15, -0.1) is 0 Å². The highest BCUT2D eigenvalue weighted by atomic mass is 35.5. The van der Waals surface area contributed by atoms with Crippen LogP contribution < -0.4 is 35.6 Å². The van der Waals surface area contributed by atoms with Crippen LogP contribution >= 0.6 is 11.6 Å². The predicted octanol–water partition coefficient (Wildman–Crippen LogP) is 4.06. The number of carbonyl (C=O) groups excluding carboxylic acids is 3. The van der Waals surface area contributed by atoms with Crippen molar-refractivity contribution in [3.8, 4) is 11.5 Å². The van der Waals surface area contributed by atoms with Crippen molar-refractivity contribution in [3.05, 3.63) is 87.7 Å². The van der Waals surface area contributed by atoms with Gasteiger partial charge in [-0.05, 0) is 67.9 Å². The van der Waals surface area contributed by atoms with Gasteiger partial charge in [0.05, 0.1) is 49.9 Å². The number of fused-ring (bicyclic) bond motifs is 1. The van der Waals surface area contributed by atoms with Gasteiger partial charge in [0.25, 0.3) is 5.56 Å². The predicted molar refractivity (Wildman–Crippen MR) is 183 cm³/mol.